The number of hydrogen-bond donors (Lipinski definition) is 3. The molecule has 16 heteroatoms. The molecule has 6 rings (SSSR count). The summed E-state index contributed by atoms with van der Waals surface area (Å²) in [7, 11) is -5.82. The maximum atomic E-state index is 14.7. The molecule has 276 valence electrons. The van der Waals surface area contributed by atoms with Gasteiger partial charge in [-0.3, -0.25) is 18.9 Å². The van der Waals surface area contributed by atoms with Crippen molar-refractivity contribution in [1.29, 1.82) is 0 Å². The van der Waals surface area contributed by atoms with Crippen LogP contribution in [0.5, 0.6) is 0 Å². The van der Waals surface area contributed by atoms with E-state index in [2.05, 4.69) is 5.32 Å². The van der Waals surface area contributed by atoms with Crippen molar-refractivity contribution in [2.75, 3.05) is 19.7 Å². The first-order valence-corrected chi connectivity index (χ1v) is 18.8. The lowest BCUT2D eigenvalue weighted by atomic mass is 9.84. The molecule has 3 atom stereocenters. The number of carbonyl (C=O) groups excluding carboxylic acids is 3. The van der Waals surface area contributed by atoms with Crippen LogP contribution in [-0.2, 0) is 37.5 Å². The second kappa shape index (κ2) is 14.0. The number of nitrogens with zero attached hydrogens (tertiary/aromatic N) is 2. The molecular weight excluding hydrogens is 725 g/mol. The number of rotatable bonds is 7. The molecule has 1 unspecified atom stereocenters. The number of amides is 3. The van der Waals surface area contributed by atoms with Crippen LogP contribution in [0.2, 0.25) is 0 Å². The first-order chi connectivity index (χ1) is 24.3. The first kappa shape index (κ1) is 37.6. The van der Waals surface area contributed by atoms with Crippen molar-refractivity contribution < 1.29 is 51.0 Å². The van der Waals surface area contributed by atoms with Gasteiger partial charge >= 0.3 is 13.3 Å². The minimum Gasteiger partial charge on any atom is -0.370 e. The van der Waals surface area contributed by atoms with Gasteiger partial charge < -0.3 is 29.6 Å². The van der Waals surface area contributed by atoms with E-state index < -0.39 is 71.8 Å². The molecule has 0 aliphatic carbocycles. The number of ether oxygens (including phenoxy) is 1. The number of morpholine rings is 1. The van der Waals surface area contributed by atoms with Crippen LogP contribution < -0.4 is 5.32 Å². The normalized spacial score (nSPS) is 18.9. The molecule has 3 aromatic carbocycles. The highest BCUT2D eigenvalue weighted by molar-refractivity contribution is 7.52. The number of benzene rings is 3. The number of hydrogen-bond acceptors (Lipinski definition) is 6. The highest BCUT2D eigenvalue weighted by atomic mass is 32.1. The summed E-state index contributed by atoms with van der Waals surface area (Å²) in [5.41, 5.74) is -4.43. The minimum atomic E-state index is -5.82. The molecule has 4 aromatic rings. The molecule has 3 amide bonds. The minimum absolute atomic E-state index is 0.0330. The fraction of sp³-hybridized carbons (Fsp3) is 0.361. The smallest absolute Gasteiger partial charge is 0.370 e. The van der Waals surface area contributed by atoms with E-state index in [1.807, 2.05) is 24.3 Å². The Morgan fingerprint density at radius 1 is 1.00 bits per heavy atom. The maximum Gasteiger partial charge on any atom is 0.399 e. The van der Waals surface area contributed by atoms with E-state index in [1.165, 1.54) is 28.0 Å². The maximum absolute atomic E-state index is 14.7. The van der Waals surface area contributed by atoms with E-state index in [4.69, 9.17) is 14.5 Å². The molecule has 1 fully saturated rings. The van der Waals surface area contributed by atoms with Gasteiger partial charge in [0.05, 0.1) is 18.0 Å². The Hall–Kier alpha value is -4.14. The molecule has 1 aromatic heterocycles. The monoisotopic (exact) mass is 761 g/mol. The number of carbonyl (C=O) groups is 3. The van der Waals surface area contributed by atoms with Gasteiger partial charge in [-0.15, -0.1) is 11.3 Å². The van der Waals surface area contributed by atoms with Crippen molar-refractivity contribution in [3.05, 3.63) is 105 Å². The second-order valence-corrected chi connectivity index (χ2v) is 16.7. The van der Waals surface area contributed by atoms with Crippen molar-refractivity contribution >= 4 is 46.7 Å². The summed E-state index contributed by atoms with van der Waals surface area (Å²) < 4.78 is 74.7. The zero-order chi connectivity index (χ0) is 37.7. The largest absolute Gasteiger partial charge is 0.399 e. The molecule has 52 heavy (non-hydrogen) atoms. The molecule has 2 aliphatic rings. The molecule has 0 saturated carbocycles. The van der Waals surface area contributed by atoms with Gasteiger partial charge in [-0.1, -0.05) is 57.2 Å². The number of alkyl halides is 2. The Kier molecular flexibility index (Phi) is 10.1. The van der Waals surface area contributed by atoms with E-state index in [1.54, 1.807) is 20.8 Å². The number of fused-ring (bicyclic) bond motifs is 2. The van der Waals surface area contributed by atoms with Crippen molar-refractivity contribution in [3.8, 4) is 0 Å². The van der Waals surface area contributed by atoms with Crippen LogP contribution in [0.15, 0.2) is 66.7 Å². The Labute approximate surface area is 300 Å². The van der Waals surface area contributed by atoms with Gasteiger partial charge in [0.25, 0.3) is 5.91 Å². The van der Waals surface area contributed by atoms with Gasteiger partial charge in [0, 0.05) is 41.4 Å². The summed E-state index contributed by atoms with van der Waals surface area (Å²) >= 11 is 0.951. The lowest BCUT2D eigenvalue weighted by Crippen LogP contribution is -2.61. The van der Waals surface area contributed by atoms with Gasteiger partial charge in [-0.05, 0) is 46.2 Å². The Bertz CT molecular complexity index is 2100. The van der Waals surface area contributed by atoms with Crippen LogP contribution in [0.3, 0.4) is 0 Å². The Balaban J connectivity index is 1.27. The third-order valence-electron chi connectivity index (χ3n) is 9.35. The third-order valence-corrected chi connectivity index (χ3v) is 11.5. The van der Waals surface area contributed by atoms with Gasteiger partial charge in [0.1, 0.15) is 29.8 Å². The molecule has 2 aliphatic heterocycles. The van der Waals surface area contributed by atoms with Gasteiger partial charge in [0.2, 0.25) is 11.8 Å². The van der Waals surface area contributed by atoms with E-state index in [-0.39, 0.29) is 48.5 Å². The van der Waals surface area contributed by atoms with E-state index >= 15 is 0 Å². The first-order valence-electron chi connectivity index (χ1n) is 16.4. The summed E-state index contributed by atoms with van der Waals surface area (Å²) in [6, 6.07) is 12.7. The number of halogens is 4. The van der Waals surface area contributed by atoms with Crippen LogP contribution >= 0.6 is 18.9 Å². The van der Waals surface area contributed by atoms with Crippen molar-refractivity contribution in [2.24, 2.45) is 5.41 Å². The van der Waals surface area contributed by atoms with Crippen LogP contribution in [0.4, 0.5) is 17.6 Å². The Morgan fingerprint density at radius 3 is 2.38 bits per heavy atom. The highest BCUT2D eigenvalue weighted by Crippen LogP contribution is 2.59. The van der Waals surface area contributed by atoms with Crippen molar-refractivity contribution in [2.45, 2.75) is 57.6 Å². The lowest BCUT2D eigenvalue weighted by Gasteiger charge is -2.43. The highest BCUT2D eigenvalue weighted by Gasteiger charge is 2.50. The third kappa shape index (κ3) is 7.38. The topological polar surface area (TPSA) is 136 Å². The zero-order valence-electron chi connectivity index (χ0n) is 28.3. The summed E-state index contributed by atoms with van der Waals surface area (Å²) in [6.45, 7) is 5.52. The molecule has 10 nitrogen and oxygen atoms in total. The molecule has 0 spiro atoms. The Morgan fingerprint density at radius 2 is 1.71 bits per heavy atom. The van der Waals surface area contributed by atoms with Crippen LogP contribution in [0, 0.1) is 17.0 Å². The van der Waals surface area contributed by atoms with Crippen LogP contribution in [0.1, 0.15) is 58.8 Å². The summed E-state index contributed by atoms with van der Waals surface area (Å²) in [6.07, 6.45) is -0.684. The molecule has 3 N–H and O–H groups in total. The quantitative estimate of drug-likeness (QED) is 0.153. The second-order valence-electron chi connectivity index (χ2n) is 14.0. The van der Waals surface area contributed by atoms with Gasteiger partial charge in [-0.2, -0.15) is 8.78 Å². The summed E-state index contributed by atoms with van der Waals surface area (Å²) in [5, 5.41) is 2.95. The fourth-order valence-corrected chi connectivity index (χ4v) is 7.94. The summed E-state index contributed by atoms with van der Waals surface area (Å²) in [5.74, 6) is -3.16. The van der Waals surface area contributed by atoms with Crippen molar-refractivity contribution in [1.82, 2.24) is 15.1 Å². The van der Waals surface area contributed by atoms with E-state index in [0.29, 0.717) is 4.70 Å². The molecule has 1 saturated heterocycles. The zero-order valence-corrected chi connectivity index (χ0v) is 30.0. The van der Waals surface area contributed by atoms with Gasteiger partial charge in [0.15, 0.2) is 0 Å². The van der Waals surface area contributed by atoms with Crippen LogP contribution in [-0.4, -0.2) is 69.1 Å². The average molecular weight is 762 g/mol. The molecule has 0 radical (unpaired) electrons. The molecular formula is C36H36F4N3O7PS. The number of thiophene rings is 1. The lowest BCUT2D eigenvalue weighted by molar-refractivity contribution is -0.154. The summed E-state index contributed by atoms with van der Waals surface area (Å²) in [4.78, 5) is 63.9. The predicted molar refractivity (Wildman–Crippen MR) is 185 cm³/mol. The number of nitrogens with one attached hydrogen (secondary N) is 1. The molecule has 0 bridgehead atoms. The average Bonchev–Trinajstić information content (AvgIpc) is 3.52. The molecule has 3 heterocycles. The van der Waals surface area contributed by atoms with Crippen molar-refractivity contribution in [3.63, 3.8) is 0 Å². The standard InChI is InChI=1S/C36H36F4N3O7PS/c1-35(2,3)31(41-32(44)30-16-22-14-23(8-11-29(22)52-30)36(39,40)51(47,48)49)34(46)43-18-21-7-5-4-6-20(21)15-27(43)33(45)42-12-13-50-28(19-42)25-10-9-24(37)17-26(25)38/h4-11,14,16-17,27-28,31H,12-13,15,18-19H2,1-3H3,(H,41,44)(H2,47,48,49)/t27-,28?,31+/m0/s1. The SMILES string of the molecule is CC(C)(C)[C@H](NC(=O)c1cc2cc(C(F)(F)P(=O)(O)O)ccc2s1)C(=O)N1Cc2ccccc2C[C@H]1C(=O)N1CCOC(c2ccc(F)cc2F)C1. The predicted octanol–water partition coefficient (Wildman–Crippen LogP) is 6.10. The van der Waals surface area contributed by atoms with E-state index in [9.17, 15) is 36.5 Å². The van der Waals surface area contributed by atoms with E-state index in [0.717, 1.165) is 46.7 Å². The van der Waals surface area contributed by atoms with Gasteiger partial charge in [-0.25, -0.2) is 8.78 Å². The van der Waals surface area contributed by atoms with Crippen LogP contribution in [0.25, 0.3) is 10.1 Å². The fourth-order valence-electron chi connectivity index (χ4n) is 6.51.